The van der Waals surface area contributed by atoms with Crippen LogP contribution in [0.3, 0.4) is 0 Å². The quantitative estimate of drug-likeness (QED) is 0.672. The van der Waals surface area contributed by atoms with Gasteiger partial charge in [-0.15, -0.1) is 0 Å². The monoisotopic (exact) mass is 239 g/mol. The summed E-state index contributed by atoms with van der Waals surface area (Å²) in [6.45, 7) is 6.29. The number of nitrogens with one attached hydrogen (secondary N) is 1. The highest BCUT2D eigenvalue weighted by molar-refractivity contribution is 5.10. The molecule has 0 aliphatic rings. The van der Waals surface area contributed by atoms with E-state index in [9.17, 15) is 0 Å². The summed E-state index contributed by atoms with van der Waals surface area (Å²) in [5.41, 5.74) is 0. The second-order valence-corrected chi connectivity index (χ2v) is 4.72. The third-order valence-corrected chi connectivity index (χ3v) is 2.57. The Hall–Kier alpha value is -1.03. The van der Waals surface area contributed by atoms with Gasteiger partial charge in [-0.25, -0.2) is 0 Å². The molecule has 0 atom stereocenters. The normalized spacial score (nSPS) is 11.1. The molecule has 0 aromatic carbocycles. The fourth-order valence-electron chi connectivity index (χ4n) is 1.63. The SMILES string of the molecule is CC(C)NCCCCCCOc1cnn(C)c1. The summed E-state index contributed by atoms with van der Waals surface area (Å²) in [5, 5.41) is 7.48. The lowest BCUT2D eigenvalue weighted by molar-refractivity contribution is 0.304. The van der Waals surface area contributed by atoms with Crippen molar-refractivity contribution < 1.29 is 4.74 Å². The molecule has 1 aromatic rings. The van der Waals surface area contributed by atoms with Crippen molar-refractivity contribution in [2.45, 2.75) is 45.6 Å². The van der Waals surface area contributed by atoms with Gasteiger partial charge in [0.05, 0.1) is 19.0 Å². The first-order valence-electron chi connectivity index (χ1n) is 6.53. The minimum Gasteiger partial charge on any atom is -0.490 e. The van der Waals surface area contributed by atoms with Crippen molar-refractivity contribution in [2.24, 2.45) is 7.05 Å². The molecule has 0 spiro atoms. The van der Waals surface area contributed by atoms with Crippen LogP contribution in [0.25, 0.3) is 0 Å². The van der Waals surface area contributed by atoms with Gasteiger partial charge in [-0.1, -0.05) is 26.7 Å². The van der Waals surface area contributed by atoms with E-state index in [1.165, 1.54) is 19.3 Å². The van der Waals surface area contributed by atoms with Crippen LogP contribution in [0, 0.1) is 0 Å². The second kappa shape index (κ2) is 8.12. The van der Waals surface area contributed by atoms with Crippen molar-refractivity contribution in [2.75, 3.05) is 13.2 Å². The molecule has 1 heterocycles. The molecule has 1 rings (SSSR count). The lowest BCUT2D eigenvalue weighted by atomic mass is 10.2. The summed E-state index contributed by atoms with van der Waals surface area (Å²) in [4.78, 5) is 0. The van der Waals surface area contributed by atoms with Crippen LogP contribution in [0.4, 0.5) is 0 Å². The Balaban J connectivity index is 1.88. The molecule has 1 N–H and O–H groups in total. The summed E-state index contributed by atoms with van der Waals surface area (Å²) < 4.78 is 7.33. The summed E-state index contributed by atoms with van der Waals surface area (Å²) in [7, 11) is 1.90. The highest BCUT2D eigenvalue weighted by Crippen LogP contribution is 2.08. The zero-order valence-electron chi connectivity index (χ0n) is 11.3. The first kappa shape index (κ1) is 14.0. The molecule has 4 nitrogen and oxygen atoms in total. The molecule has 0 unspecified atom stereocenters. The molecule has 0 aliphatic heterocycles. The standard InChI is InChI=1S/C13H25N3O/c1-12(2)14-8-6-4-5-7-9-17-13-10-15-16(3)11-13/h10-12,14H,4-9H2,1-3H3. The number of hydrogen-bond acceptors (Lipinski definition) is 3. The Morgan fingerprint density at radius 3 is 2.71 bits per heavy atom. The third-order valence-electron chi connectivity index (χ3n) is 2.57. The predicted octanol–water partition coefficient (Wildman–Crippen LogP) is 2.36. The van der Waals surface area contributed by atoms with E-state index >= 15 is 0 Å². The van der Waals surface area contributed by atoms with Gasteiger partial charge in [0.25, 0.3) is 0 Å². The number of ether oxygens (including phenoxy) is 1. The van der Waals surface area contributed by atoms with Crippen molar-refractivity contribution in [3.05, 3.63) is 12.4 Å². The van der Waals surface area contributed by atoms with Crippen molar-refractivity contribution in [1.29, 1.82) is 0 Å². The van der Waals surface area contributed by atoms with Crippen LogP contribution in [0.15, 0.2) is 12.4 Å². The average molecular weight is 239 g/mol. The molecule has 0 fully saturated rings. The highest BCUT2D eigenvalue weighted by atomic mass is 16.5. The van der Waals surface area contributed by atoms with Crippen molar-refractivity contribution >= 4 is 0 Å². The fourth-order valence-corrected chi connectivity index (χ4v) is 1.63. The Morgan fingerprint density at radius 2 is 2.06 bits per heavy atom. The van der Waals surface area contributed by atoms with Gasteiger partial charge in [0.1, 0.15) is 0 Å². The smallest absolute Gasteiger partial charge is 0.157 e. The van der Waals surface area contributed by atoms with E-state index in [4.69, 9.17) is 4.74 Å². The minimum atomic E-state index is 0.601. The molecule has 0 saturated carbocycles. The van der Waals surface area contributed by atoms with Crippen molar-refractivity contribution in [3.63, 3.8) is 0 Å². The molecule has 0 saturated heterocycles. The van der Waals surface area contributed by atoms with Gasteiger partial charge in [0.15, 0.2) is 5.75 Å². The van der Waals surface area contributed by atoms with E-state index in [2.05, 4.69) is 24.3 Å². The van der Waals surface area contributed by atoms with Crippen LogP contribution in [0.1, 0.15) is 39.5 Å². The molecule has 0 aliphatic carbocycles. The largest absolute Gasteiger partial charge is 0.490 e. The van der Waals surface area contributed by atoms with Gasteiger partial charge in [-0.2, -0.15) is 5.10 Å². The van der Waals surface area contributed by atoms with Gasteiger partial charge >= 0.3 is 0 Å². The molecule has 98 valence electrons. The van der Waals surface area contributed by atoms with Crippen LogP contribution in [0.2, 0.25) is 0 Å². The zero-order valence-corrected chi connectivity index (χ0v) is 11.3. The number of nitrogens with zero attached hydrogens (tertiary/aromatic N) is 2. The molecule has 17 heavy (non-hydrogen) atoms. The third kappa shape index (κ3) is 7.00. The maximum Gasteiger partial charge on any atom is 0.157 e. The van der Waals surface area contributed by atoms with Crippen LogP contribution in [0.5, 0.6) is 5.75 Å². The van der Waals surface area contributed by atoms with E-state index in [1.807, 2.05) is 13.2 Å². The molecule has 0 radical (unpaired) electrons. The summed E-state index contributed by atoms with van der Waals surface area (Å²) >= 11 is 0. The van der Waals surface area contributed by atoms with E-state index in [0.29, 0.717) is 6.04 Å². The minimum absolute atomic E-state index is 0.601. The summed E-state index contributed by atoms with van der Waals surface area (Å²) in [5.74, 6) is 0.869. The van der Waals surface area contributed by atoms with E-state index in [0.717, 1.165) is 25.3 Å². The van der Waals surface area contributed by atoms with Crippen LogP contribution >= 0.6 is 0 Å². The Morgan fingerprint density at radius 1 is 1.29 bits per heavy atom. The maximum absolute atomic E-state index is 5.57. The Labute approximate surface area is 104 Å². The number of unbranched alkanes of at least 4 members (excludes halogenated alkanes) is 3. The molecular weight excluding hydrogens is 214 g/mol. The number of aryl methyl sites for hydroxylation is 1. The van der Waals surface area contributed by atoms with E-state index in [1.54, 1.807) is 10.9 Å². The Kier molecular flexibility index (Phi) is 6.70. The van der Waals surface area contributed by atoms with Gasteiger partial charge in [-0.3, -0.25) is 4.68 Å². The number of hydrogen-bond donors (Lipinski definition) is 1. The maximum atomic E-state index is 5.57. The highest BCUT2D eigenvalue weighted by Gasteiger charge is 1.96. The predicted molar refractivity (Wildman–Crippen MR) is 70.3 cm³/mol. The zero-order chi connectivity index (χ0) is 12.5. The Bertz CT molecular complexity index is 297. The average Bonchev–Trinajstić information content (AvgIpc) is 2.68. The first-order valence-corrected chi connectivity index (χ1v) is 6.53. The molecular formula is C13H25N3O. The molecule has 4 heteroatoms. The molecule has 0 bridgehead atoms. The molecule has 0 amide bonds. The van der Waals surface area contributed by atoms with Crippen LogP contribution in [-0.2, 0) is 7.05 Å². The fraction of sp³-hybridized carbons (Fsp3) is 0.769. The van der Waals surface area contributed by atoms with Gasteiger partial charge in [0.2, 0.25) is 0 Å². The number of rotatable bonds is 9. The van der Waals surface area contributed by atoms with Crippen molar-refractivity contribution in [3.8, 4) is 5.75 Å². The van der Waals surface area contributed by atoms with E-state index < -0.39 is 0 Å². The first-order chi connectivity index (χ1) is 8.18. The number of aromatic nitrogens is 2. The van der Waals surface area contributed by atoms with E-state index in [-0.39, 0.29) is 0 Å². The van der Waals surface area contributed by atoms with Crippen LogP contribution < -0.4 is 10.1 Å². The summed E-state index contributed by atoms with van der Waals surface area (Å²) in [6, 6.07) is 0.601. The second-order valence-electron chi connectivity index (χ2n) is 4.72. The van der Waals surface area contributed by atoms with Crippen LogP contribution in [-0.4, -0.2) is 29.0 Å². The van der Waals surface area contributed by atoms with Gasteiger partial charge in [0, 0.05) is 13.1 Å². The van der Waals surface area contributed by atoms with Gasteiger partial charge in [-0.05, 0) is 19.4 Å². The lowest BCUT2D eigenvalue weighted by Gasteiger charge is -2.07. The molecule has 1 aromatic heterocycles. The topological polar surface area (TPSA) is 39.1 Å². The van der Waals surface area contributed by atoms with Gasteiger partial charge < -0.3 is 10.1 Å². The summed E-state index contributed by atoms with van der Waals surface area (Å²) in [6.07, 6.45) is 8.54. The van der Waals surface area contributed by atoms with Crippen molar-refractivity contribution in [1.82, 2.24) is 15.1 Å². The lowest BCUT2D eigenvalue weighted by Crippen LogP contribution is -2.23.